The van der Waals surface area contributed by atoms with Crippen molar-refractivity contribution in [1.29, 1.82) is 0 Å². The average molecular weight is 316 g/mol. The standard InChI is InChI=1S/C15H12N2O4S/c18-13(19)8-21-10-3-1-9(2-4-10)7-12-16-11-5-6-22-14(11)15(20)17-12/h1-6H,7-8H2,(H,18,19)(H,16,17,20). The Bertz CT molecular complexity index is 867. The summed E-state index contributed by atoms with van der Waals surface area (Å²) in [6.45, 7) is -0.372. The van der Waals surface area contributed by atoms with Crippen LogP contribution >= 0.6 is 11.3 Å². The summed E-state index contributed by atoms with van der Waals surface area (Å²) in [5, 5.41) is 10.4. The Labute approximate surface area is 129 Å². The van der Waals surface area contributed by atoms with Crippen LogP contribution in [0.1, 0.15) is 11.4 Å². The zero-order valence-corrected chi connectivity index (χ0v) is 12.2. The van der Waals surface area contributed by atoms with Crippen LogP contribution in [0.15, 0.2) is 40.5 Å². The Morgan fingerprint density at radius 3 is 2.77 bits per heavy atom. The van der Waals surface area contributed by atoms with E-state index in [9.17, 15) is 9.59 Å². The maximum absolute atomic E-state index is 11.9. The van der Waals surface area contributed by atoms with E-state index in [2.05, 4.69) is 9.97 Å². The molecular formula is C15H12N2O4S. The number of aromatic amines is 1. The second-order valence-electron chi connectivity index (χ2n) is 4.65. The summed E-state index contributed by atoms with van der Waals surface area (Å²) in [5.74, 6) is 0.0610. The highest BCUT2D eigenvalue weighted by molar-refractivity contribution is 7.17. The van der Waals surface area contributed by atoms with Crippen molar-refractivity contribution >= 4 is 27.5 Å². The number of thiophene rings is 1. The van der Waals surface area contributed by atoms with Gasteiger partial charge < -0.3 is 14.8 Å². The molecule has 0 fully saturated rings. The molecule has 1 aromatic carbocycles. The van der Waals surface area contributed by atoms with Crippen LogP contribution in [0.5, 0.6) is 5.75 Å². The topological polar surface area (TPSA) is 92.3 Å². The maximum Gasteiger partial charge on any atom is 0.341 e. The molecule has 2 heterocycles. The number of hydrogen-bond acceptors (Lipinski definition) is 5. The van der Waals surface area contributed by atoms with Crippen LogP contribution in [0.2, 0.25) is 0 Å². The molecule has 0 radical (unpaired) electrons. The highest BCUT2D eigenvalue weighted by atomic mass is 32.1. The lowest BCUT2D eigenvalue weighted by molar-refractivity contribution is -0.139. The van der Waals surface area contributed by atoms with Crippen molar-refractivity contribution in [1.82, 2.24) is 9.97 Å². The van der Waals surface area contributed by atoms with Gasteiger partial charge in [0.15, 0.2) is 6.61 Å². The van der Waals surface area contributed by atoms with E-state index in [-0.39, 0.29) is 12.2 Å². The first-order valence-electron chi connectivity index (χ1n) is 6.52. The lowest BCUT2D eigenvalue weighted by Gasteiger charge is -2.05. The number of hydrogen-bond donors (Lipinski definition) is 2. The van der Waals surface area contributed by atoms with Crippen molar-refractivity contribution in [3.8, 4) is 5.75 Å². The van der Waals surface area contributed by atoms with Gasteiger partial charge in [0, 0.05) is 6.42 Å². The number of aliphatic carboxylic acids is 1. The van der Waals surface area contributed by atoms with Crippen molar-refractivity contribution in [2.45, 2.75) is 6.42 Å². The third-order valence-corrected chi connectivity index (χ3v) is 3.92. The van der Waals surface area contributed by atoms with Crippen molar-refractivity contribution in [2.75, 3.05) is 6.61 Å². The van der Waals surface area contributed by atoms with Crippen LogP contribution in [0.25, 0.3) is 10.2 Å². The molecule has 6 nitrogen and oxygen atoms in total. The quantitative estimate of drug-likeness (QED) is 0.751. The molecule has 2 N–H and O–H groups in total. The van der Waals surface area contributed by atoms with Gasteiger partial charge in [0.2, 0.25) is 0 Å². The van der Waals surface area contributed by atoms with Crippen LogP contribution in [0, 0.1) is 0 Å². The first-order valence-corrected chi connectivity index (χ1v) is 7.40. The number of carboxylic acid groups (broad SMARTS) is 1. The zero-order chi connectivity index (χ0) is 15.5. The van der Waals surface area contributed by atoms with Crippen molar-refractivity contribution in [2.24, 2.45) is 0 Å². The predicted octanol–water partition coefficient (Wildman–Crippen LogP) is 2.04. The number of ether oxygens (including phenoxy) is 1. The largest absolute Gasteiger partial charge is 0.482 e. The number of carboxylic acids is 1. The fourth-order valence-corrected chi connectivity index (χ4v) is 2.77. The fourth-order valence-electron chi connectivity index (χ4n) is 2.05. The molecule has 0 atom stereocenters. The summed E-state index contributed by atoms with van der Waals surface area (Å²) in [5.41, 5.74) is 1.52. The first-order chi connectivity index (χ1) is 10.6. The Balaban J connectivity index is 1.76. The van der Waals surface area contributed by atoms with E-state index in [0.29, 0.717) is 28.2 Å². The number of benzene rings is 1. The molecule has 0 spiro atoms. The van der Waals surface area contributed by atoms with E-state index >= 15 is 0 Å². The van der Waals surface area contributed by atoms with Crippen LogP contribution in [0.4, 0.5) is 0 Å². The van der Waals surface area contributed by atoms with Gasteiger partial charge in [-0.05, 0) is 29.1 Å². The number of nitrogens with one attached hydrogen (secondary N) is 1. The normalized spacial score (nSPS) is 10.7. The number of fused-ring (bicyclic) bond motifs is 1. The minimum absolute atomic E-state index is 0.128. The second-order valence-corrected chi connectivity index (χ2v) is 5.57. The molecule has 0 saturated carbocycles. The number of nitrogens with zero attached hydrogens (tertiary/aromatic N) is 1. The summed E-state index contributed by atoms with van der Waals surface area (Å²) < 4.78 is 5.69. The Hall–Kier alpha value is -2.67. The van der Waals surface area contributed by atoms with Gasteiger partial charge in [0.25, 0.3) is 5.56 Å². The van der Waals surface area contributed by atoms with E-state index in [0.717, 1.165) is 5.56 Å². The van der Waals surface area contributed by atoms with E-state index in [1.54, 1.807) is 12.1 Å². The number of aromatic nitrogens is 2. The van der Waals surface area contributed by atoms with E-state index in [1.165, 1.54) is 11.3 Å². The zero-order valence-electron chi connectivity index (χ0n) is 11.4. The molecule has 0 amide bonds. The summed E-state index contributed by atoms with van der Waals surface area (Å²) in [6, 6.07) is 8.84. The van der Waals surface area contributed by atoms with E-state index < -0.39 is 5.97 Å². The molecular weight excluding hydrogens is 304 g/mol. The molecule has 0 aliphatic rings. The lowest BCUT2D eigenvalue weighted by Crippen LogP contribution is -2.11. The van der Waals surface area contributed by atoms with Gasteiger partial charge in [0.1, 0.15) is 16.3 Å². The van der Waals surface area contributed by atoms with Gasteiger partial charge in [-0.25, -0.2) is 9.78 Å². The number of rotatable bonds is 5. The Morgan fingerprint density at radius 2 is 2.05 bits per heavy atom. The SMILES string of the molecule is O=C(O)COc1ccc(Cc2nc3ccsc3c(=O)[nH]2)cc1. The molecule has 0 bridgehead atoms. The van der Waals surface area contributed by atoms with Crippen LogP contribution in [-0.2, 0) is 11.2 Å². The summed E-state index contributed by atoms with van der Waals surface area (Å²) in [7, 11) is 0. The Morgan fingerprint density at radius 1 is 1.27 bits per heavy atom. The van der Waals surface area contributed by atoms with Crippen LogP contribution in [-0.4, -0.2) is 27.7 Å². The monoisotopic (exact) mass is 316 g/mol. The smallest absolute Gasteiger partial charge is 0.341 e. The van der Waals surface area contributed by atoms with Gasteiger partial charge >= 0.3 is 5.97 Å². The molecule has 112 valence electrons. The number of H-pyrrole nitrogens is 1. The molecule has 3 aromatic rings. The first kappa shape index (κ1) is 14.3. The highest BCUT2D eigenvalue weighted by Gasteiger charge is 2.06. The van der Waals surface area contributed by atoms with Crippen molar-refractivity contribution in [3.05, 3.63) is 57.5 Å². The minimum atomic E-state index is -1.02. The predicted molar refractivity (Wildman–Crippen MR) is 82.6 cm³/mol. The van der Waals surface area contributed by atoms with Crippen LogP contribution < -0.4 is 10.3 Å². The summed E-state index contributed by atoms with van der Waals surface area (Å²) in [4.78, 5) is 29.5. The third-order valence-electron chi connectivity index (χ3n) is 3.02. The van der Waals surface area contributed by atoms with Gasteiger partial charge in [-0.3, -0.25) is 4.79 Å². The van der Waals surface area contributed by atoms with E-state index in [4.69, 9.17) is 9.84 Å². The molecule has 22 heavy (non-hydrogen) atoms. The van der Waals surface area contributed by atoms with Gasteiger partial charge in [-0.1, -0.05) is 12.1 Å². The van der Waals surface area contributed by atoms with Crippen LogP contribution in [0.3, 0.4) is 0 Å². The van der Waals surface area contributed by atoms with E-state index in [1.807, 2.05) is 23.6 Å². The second kappa shape index (κ2) is 5.98. The minimum Gasteiger partial charge on any atom is -0.482 e. The summed E-state index contributed by atoms with van der Waals surface area (Å²) >= 11 is 1.37. The van der Waals surface area contributed by atoms with Gasteiger partial charge in [-0.15, -0.1) is 11.3 Å². The fraction of sp³-hybridized carbons (Fsp3) is 0.133. The average Bonchev–Trinajstić information content (AvgIpc) is 2.95. The van der Waals surface area contributed by atoms with Crippen molar-refractivity contribution in [3.63, 3.8) is 0 Å². The number of carbonyl (C=O) groups is 1. The van der Waals surface area contributed by atoms with Gasteiger partial charge in [0.05, 0.1) is 5.52 Å². The highest BCUT2D eigenvalue weighted by Crippen LogP contribution is 2.16. The molecule has 0 aliphatic carbocycles. The molecule has 7 heteroatoms. The third kappa shape index (κ3) is 3.15. The van der Waals surface area contributed by atoms with Crippen molar-refractivity contribution < 1.29 is 14.6 Å². The molecule has 2 aromatic heterocycles. The molecule has 0 aliphatic heterocycles. The molecule has 3 rings (SSSR count). The van der Waals surface area contributed by atoms with Gasteiger partial charge in [-0.2, -0.15) is 0 Å². The lowest BCUT2D eigenvalue weighted by atomic mass is 10.1. The maximum atomic E-state index is 11.9. The molecule has 0 saturated heterocycles. The summed E-state index contributed by atoms with van der Waals surface area (Å²) in [6.07, 6.45) is 0.486. The molecule has 0 unspecified atom stereocenters. The Kier molecular flexibility index (Phi) is 3.88.